The van der Waals surface area contributed by atoms with Crippen LogP contribution in [0.2, 0.25) is 0 Å². The minimum Gasteiger partial charge on any atom is -0.468 e. The highest BCUT2D eigenvalue weighted by molar-refractivity contribution is 6.04. The van der Waals surface area contributed by atoms with Crippen molar-refractivity contribution in [1.29, 1.82) is 0 Å². The predicted molar refractivity (Wildman–Crippen MR) is 95.0 cm³/mol. The fourth-order valence-corrected chi connectivity index (χ4v) is 3.46. The number of esters is 1. The molecular weight excluding hydrogens is 338 g/mol. The smallest absolute Gasteiger partial charge is 0.414 e. The molecule has 1 fully saturated rings. The van der Waals surface area contributed by atoms with E-state index in [1.165, 1.54) is 12.0 Å². The molecular formula is C18H23N3O5. The van der Waals surface area contributed by atoms with Crippen LogP contribution in [0.15, 0.2) is 18.2 Å². The van der Waals surface area contributed by atoms with Gasteiger partial charge in [0.05, 0.1) is 25.0 Å². The molecule has 0 bridgehead atoms. The summed E-state index contributed by atoms with van der Waals surface area (Å²) in [6, 6.07) is 4.48. The van der Waals surface area contributed by atoms with Crippen LogP contribution in [0.3, 0.4) is 0 Å². The second-order valence-electron chi connectivity index (χ2n) is 6.72. The Morgan fingerprint density at radius 1 is 1.31 bits per heavy atom. The van der Waals surface area contributed by atoms with Gasteiger partial charge in [0, 0.05) is 12.5 Å². The van der Waals surface area contributed by atoms with Crippen LogP contribution in [0.5, 0.6) is 0 Å². The van der Waals surface area contributed by atoms with Crippen molar-refractivity contribution in [2.45, 2.75) is 44.9 Å². The van der Waals surface area contributed by atoms with Gasteiger partial charge in [0.2, 0.25) is 5.91 Å². The number of carbonyl (C=O) groups is 3. The normalized spacial score (nSPS) is 20.9. The minimum absolute atomic E-state index is 0.0235. The van der Waals surface area contributed by atoms with Crippen molar-refractivity contribution in [3.8, 4) is 0 Å². The first-order valence-electron chi connectivity index (χ1n) is 8.60. The number of hydrogen-bond donors (Lipinski definition) is 1. The number of nitrogens with zero attached hydrogens (tertiary/aromatic N) is 2. The highest BCUT2D eigenvalue weighted by atomic mass is 16.6. The molecule has 1 saturated heterocycles. The van der Waals surface area contributed by atoms with Gasteiger partial charge in [-0.05, 0) is 31.9 Å². The first-order valence-corrected chi connectivity index (χ1v) is 8.60. The molecule has 0 aliphatic carbocycles. The summed E-state index contributed by atoms with van der Waals surface area (Å²) in [5, 5.41) is 0. The Balaban J connectivity index is 1.97. The van der Waals surface area contributed by atoms with E-state index in [0.717, 1.165) is 11.3 Å². The third-order valence-electron chi connectivity index (χ3n) is 4.73. The Bertz CT molecular complexity index is 748. The average molecular weight is 361 g/mol. The lowest BCUT2D eigenvalue weighted by molar-refractivity contribution is -0.144. The van der Waals surface area contributed by atoms with Gasteiger partial charge in [0.15, 0.2) is 0 Å². The van der Waals surface area contributed by atoms with Gasteiger partial charge in [-0.15, -0.1) is 0 Å². The van der Waals surface area contributed by atoms with Crippen molar-refractivity contribution in [3.63, 3.8) is 0 Å². The zero-order valence-electron chi connectivity index (χ0n) is 15.1. The number of fused-ring (bicyclic) bond motifs is 1. The molecule has 0 radical (unpaired) electrons. The number of carbonyl (C=O) groups excluding carboxylic acids is 3. The molecule has 3 rings (SSSR count). The first kappa shape index (κ1) is 18.2. The van der Waals surface area contributed by atoms with Crippen LogP contribution in [0, 0.1) is 0 Å². The number of ether oxygens (including phenoxy) is 2. The van der Waals surface area contributed by atoms with Crippen LogP contribution in [0.1, 0.15) is 25.8 Å². The number of methoxy groups -OCH3 is 1. The van der Waals surface area contributed by atoms with Gasteiger partial charge in [-0.25, -0.2) is 4.79 Å². The fourth-order valence-electron chi connectivity index (χ4n) is 3.46. The Hall–Kier alpha value is -2.61. The summed E-state index contributed by atoms with van der Waals surface area (Å²) in [6.45, 7) is 3.98. The summed E-state index contributed by atoms with van der Waals surface area (Å²) in [5.41, 5.74) is 8.15. The maximum atomic E-state index is 12.5. The summed E-state index contributed by atoms with van der Waals surface area (Å²) >= 11 is 0. The molecule has 1 unspecified atom stereocenters. The molecule has 8 nitrogen and oxygen atoms in total. The summed E-state index contributed by atoms with van der Waals surface area (Å²) in [4.78, 5) is 39.7. The number of para-hydroxylation sites is 1. The van der Waals surface area contributed by atoms with Gasteiger partial charge >= 0.3 is 12.1 Å². The Morgan fingerprint density at radius 3 is 2.69 bits per heavy atom. The van der Waals surface area contributed by atoms with Crippen LogP contribution in [0.25, 0.3) is 0 Å². The first-order chi connectivity index (χ1) is 12.3. The van der Waals surface area contributed by atoms with Gasteiger partial charge in [-0.1, -0.05) is 12.1 Å². The zero-order valence-corrected chi connectivity index (χ0v) is 15.1. The standard InChI is InChI=1S/C18H23N3O5/c1-10(2)21-14(22)8-7-11-5-4-6-12(16(11)21)20-9-13(26-18(20)24)15(19)17(23)25-3/h4-6,10,13,15H,7-9,19H2,1-3H3/t13-,15?/m0/s1. The molecule has 140 valence electrons. The lowest BCUT2D eigenvalue weighted by Gasteiger charge is -2.35. The number of anilines is 2. The number of amides is 2. The van der Waals surface area contributed by atoms with Crippen molar-refractivity contribution in [3.05, 3.63) is 23.8 Å². The van der Waals surface area contributed by atoms with Crippen LogP contribution in [-0.2, 0) is 25.5 Å². The van der Waals surface area contributed by atoms with Crippen LogP contribution in [0.4, 0.5) is 16.2 Å². The van der Waals surface area contributed by atoms with E-state index in [-0.39, 0.29) is 18.5 Å². The van der Waals surface area contributed by atoms with Gasteiger partial charge in [0.1, 0.15) is 12.1 Å². The number of nitrogens with two attached hydrogens (primary N) is 1. The van der Waals surface area contributed by atoms with Gasteiger partial charge < -0.3 is 20.1 Å². The average Bonchev–Trinajstić information content (AvgIpc) is 3.00. The fraction of sp³-hybridized carbons (Fsp3) is 0.500. The van der Waals surface area contributed by atoms with Crippen molar-refractivity contribution in [1.82, 2.24) is 0 Å². The molecule has 2 aliphatic heterocycles. The van der Waals surface area contributed by atoms with E-state index >= 15 is 0 Å². The summed E-state index contributed by atoms with van der Waals surface area (Å²) in [7, 11) is 1.23. The molecule has 2 atom stereocenters. The summed E-state index contributed by atoms with van der Waals surface area (Å²) in [5.74, 6) is -0.617. The highest BCUT2D eigenvalue weighted by Crippen LogP contribution is 2.40. The summed E-state index contributed by atoms with van der Waals surface area (Å²) < 4.78 is 9.91. The van der Waals surface area contributed by atoms with E-state index in [1.807, 2.05) is 26.0 Å². The Labute approximate surface area is 151 Å². The van der Waals surface area contributed by atoms with E-state index in [2.05, 4.69) is 4.74 Å². The maximum Gasteiger partial charge on any atom is 0.414 e. The number of benzene rings is 1. The highest BCUT2D eigenvalue weighted by Gasteiger charge is 2.41. The van der Waals surface area contributed by atoms with Crippen molar-refractivity contribution in [2.24, 2.45) is 5.73 Å². The van der Waals surface area contributed by atoms with Crippen LogP contribution >= 0.6 is 0 Å². The van der Waals surface area contributed by atoms with E-state index in [4.69, 9.17) is 10.5 Å². The molecule has 2 amide bonds. The molecule has 2 heterocycles. The molecule has 1 aromatic rings. The van der Waals surface area contributed by atoms with Gasteiger partial charge in [0.25, 0.3) is 0 Å². The third-order valence-corrected chi connectivity index (χ3v) is 4.73. The maximum absolute atomic E-state index is 12.5. The number of cyclic esters (lactones) is 1. The van der Waals surface area contributed by atoms with E-state index < -0.39 is 24.2 Å². The second kappa shape index (κ2) is 6.95. The topological polar surface area (TPSA) is 102 Å². The Kier molecular flexibility index (Phi) is 4.86. The van der Waals surface area contributed by atoms with Gasteiger partial charge in [-0.2, -0.15) is 0 Å². The van der Waals surface area contributed by atoms with Crippen LogP contribution < -0.4 is 15.5 Å². The van der Waals surface area contributed by atoms with E-state index in [0.29, 0.717) is 18.5 Å². The van der Waals surface area contributed by atoms with Crippen molar-refractivity contribution in [2.75, 3.05) is 23.5 Å². The molecule has 1 aromatic carbocycles. The van der Waals surface area contributed by atoms with E-state index in [9.17, 15) is 14.4 Å². The number of hydrogen-bond acceptors (Lipinski definition) is 6. The van der Waals surface area contributed by atoms with Crippen LogP contribution in [-0.4, -0.2) is 49.8 Å². The lowest BCUT2D eigenvalue weighted by Crippen LogP contribution is -2.45. The predicted octanol–water partition coefficient (Wildman–Crippen LogP) is 1.20. The van der Waals surface area contributed by atoms with Crippen molar-refractivity contribution < 1.29 is 23.9 Å². The molecule has 8 heteroatoms. The quantitative estimate of drug-likeness (QED) is 0.809. The minimum atomic E-state index is -1.06. The van der Waals surface area contributed by atoms with Gasteiger partial charge in [-0.3, -0.25) is 14.5 Å². The van der Waals surface area contributed by atoms with Crippen molar-refractivity contribution >= 4 is 29.3 Å². The molecule has 0 spiro atoms. The van der Waals surface area contributed by atoms with E-state index in [1.54, 1.807) is 11.0 Å². The monoisotopic (exact) mass is 361 g/mol. The molecule has 2 N–H and O–H groups in total. The second-order valence-corrected chi connectivity index (χ2v) is 6.72. The molecule has 0 saturated carbocycles. The molecule has 26 heavy (non-hydrogen) atoms. The molecule has 2 aliphatic rings. The SMILES string of the molecule is COC(=O)C(N)[C@@H]1CN(c2cccc3c2N(C(C)C)C(=O)CC3)C(=O)O1. The Morgan fingerprint density at radius 2 is 2.04 bits per heavy atom. The summed E-state index contributed by atoms with van der Waals surface area (Å²) in [6.07, 6.45) is -0.337. The zero-order chi connectivity index (χ0) is 19.0. The number of aryl methyl sites for hydroxylation is 1. The number of rotatable bonds is 4. The lowest BCUT2D eigenvalue weighted by atomic mass is 9.98. The third kappa shape index (κ3) is 3.01. The largest absolute Gasteiger partial charge is 0.468 e. The molecule has 0 aromatic heterocycles.